The second kappa shape index (κ2) is 8.11. The molecule has 0 radical (unpaired) electrons. The van der Waals surface area contributed by atoms with Crippen molar-refractivity contribution < 1.29 is 0 Å². The van der Waals surface area contributed by atoms with Gasteiger partial charge in [-0.15, -0.1) is 28.1 Å². The number of thiophene rings is 1. The number of benzene rings is 1. The van der Waals surface area contributed by atoms with Gasteiger partial charge in [-0.2, -0.15) is 0 Å². The molecule has 0 bridgehead atoms. The van der Waals surface area contributed by atoms with Crippen LogP contribution in [0.25, 0.3) is 11.4 Å². The molecular weight excluding hydrogens is 426 g/mol. The number of thioether (sulfide) groups is 1. The Morgan fingerprint density at radius 2 is 2.15 bits per heavy atom. The number of rotatable bonds is 6. The maximum Gasteiger partial charge on any atom is 0.192 e. The van der Waals surface area contributed by atoms with E-state index in [4.69, 9.17) is 0 Å². The van der Waals surface area contributed by atoms with E-state index in [1.807, 2.05) is 23.5 Å². The zero-order valence-electron chi connectivity index (χ0n) is 14.4. The van der Waals surface area contributed by atoms with Crippen molar-refractivity contribution >= 4 is 39.0 Å². The summed E-state index contributed by atoms with van der Waals surface area (Å²) in [6.45, 7) is 4.66. The standard InChI is InChI=1S/C20H20BrN3S2/c1-2-10-24-19(17-13-25-18-9-4-3-8-16(17)18)22-23-20(24)26-12-14-6-5-7-15(21)11-14/h2,5-7,11,13H,1,3-4,8-10,12H2. The van der Waals surface area contributed by atoms with Crippen molar-refractivity contribution in [2.45, 2.75) is 43.1 Å². The SMILES string of the molecule is C=CCn1c(SCc2cccc(Br)c2)nnc1-c1csc2c1CCCC2. The molecule has 1 aromatic carbocycles. The van der Waals surface area contributed by atoms with Crippen molar-refractivity contribution in [3.05, 3.63) is 62.8 Å². The van der Waals surface area contributed by atoms with Crippen LogP contribution in [-0.2, 0) is 25.1 Å². The minimum atomic E-state index is 0.730. The third kappa shape index (κ3) is 3.68. The van der Waals surface area contributed by atoms with E-state index in [1.165, 1.54) is 40.8 Å². The molecule has 0 N–H and O–H groups in total. The lowest BCUT2D eigenvalue weighted by atomic mass is 9.95. The van der Waals surface area contributed by atoms with Gasteiger partial charge in [-0.1, -0.05) is 45.9 Å². The summed E-state index contributed by atoms with van der Waals surface area (Å²) < 4.78 is 3.31. The van der Waals surface area contributed by atoms with Crippen LogP contribution < -0.4 is 0 Å². The smallest absolute Gasteiger partial charge is 0.192 e. The van der Waals surface area contributed by atoms with E-state index in [2.05, 4.69) is 60.9 Å². The van der Waals surface area contributed by atoms with Crippen LogP contribution in [0.4, 0.5) is 0 Å². The van der Waals surface area contributed by atoms with Crippen molar-refractivity contribution in [1.82, 2.24) is 14.8 Å². The second-order valence-electron chi connectivity index (χ2n) is 6.38. The van der Waals surface area contributed by atoms with E-state index in [0.29, 0.717) is 0 Å². The topological polar surface area (TPSA) is 30.7 Å². The average molecular weight is 446 g/mol. The third-order valence-corrected chi connectivity index (χ3v) is 7.21. The lowest BCUT2D eigenvalue weighted by Crippen LogP contribution is -2.04. The molecule has 0 unspecified atom stereocenters. The minimum absolute atomic E-state index is 0.730. The number of allylic oxidation sites excluding steroid dienone is 1. The highest BCUT2D eigenvalue weighted by atomic mass is 79.9. The van der Waals surface area contributed by atoms with Gasteiger partial charge in [0.05, 0.1) is 0 Å². The fourth-order valence-electron chi connectivity index (χ4n) is 3.34. The summed E-state index contributed by atoms with van der Waals surface area (Å²) in [5, 5.41) is 12.3. The Hall–Kier alpha value is -1.37. The lowest BCUT2D eigenvalue weighted by Gasteiger charge is -2.13. The van der Waals surface area contributed by atoms with Crippen LogP contribution in [0.15, 0.2) is 51.9 Å². The van der Waals surface area contributed by atoms with Crippen LogP contribution in [0, 0.1) is 0 Å². The number of halogens is 1. The molecule has 3 aromatic rings. The van der Waals surface area contributed by atoms with E-state index in [9.17, 15) is 0 Å². The molecule has 0 saturated heterocycles. The molecule has 0 atom stereocenters. The van der Waals surface area contributed by atoms with Gasteiger partial charge in [-0.25, -0.2) is 0 Å². The maximum atomic E-state index is 4.56. The van der Waals surface area contributed by atoms with Crippen molar-refractivity contribution in [3.8, 4) is 11.4 Å². The predicted octanol–water partition coefficient (Wildman–Crippen LogP) is 6.13. The first-order valence-corrected chi connectivity index (χ1v) is 11.4. The first kappa shape index (κ1) is 18.0. The Bertz CT molecular complexity index is 929. The summed E-state index contributed by atoms with van der Waals surface area (Å²) >= 11 is 7.14. The lowest BCUT2D eigenvalue weighted by molar-refractivity contribution is 0.694. The van der Waals surface area contributed by atoms with Crippen molar-refractivity contribution in [1.29, 1.82) is 0 Å². The summed E-state index contributed by atoms with van der Waals surface area (Å²) in [5.74, 6) is 1.86. The van der Waals surface area contributed by atoms with E-state index in [1.54, 1.807) is 11.8 Å². The second-order valence-corrected chi connectivity index (χ2v) is 9.20. The average Bonchev–Trinajstić information content (AvgIpc) is 3.24. The number of aromatic nitrogens is 3. The van der Waals surface area contributed by atoms with E-state index < -0.39 is 0 Å². The summed E-state index contributed by atoms with van der Waals surface area (Å²) in [6.07, 6.45) is 6.88. The van der Waals surface area contributed by atoms with Crippen molar-refractivity contribution in [2.75, 3.05) is 0 Å². The number of aryl methyl sites for hydroxylation is 1. The van der Waals surface area contributed by atoms with Crippen molar-refractivity contribution in [2.24, 2.45) is 0 Å². The minimum Gasteiger partial charge on any atom is -0.298 e. The predicted molar refractivity (Wildman–Crippen MR) is 114 cm³/mol. The monoisotopic (exact) mass is 445 g/mol. The number of hydrogen-bond donors (Lipinski definition) is 0. The van der Waals surface area contributed by atoms with Gasteiger partial charge in [-0.05, 0) is 48.9 Å². The van der Waals surface area contributed by atoms with Gasteiger partial charge in [-0.3, -0.25) is 4.57 Å². The molecule has 1 aliphatic rings. The molecule has 134 valence electrons. The Labute approximate surface area is 170 Å². The van der Waals surface area contributed by atoms with Gasteiger partial charge in [0.2, 0.25) is 0 Å². The van der Waals surface area contributed by atoms with E-state index in [-0.39, 0.29) is 0 Å². The largest absolute Gasteiger partial charge is 0.298 e. The highest BCUT2D eigenvalue weighted by Gasteiger charge is 2.21. The Balaban J connectivity index is 1.63. The summed E-state index contributed by atoms with van der Waals surface area (Å²) in [4.78, 5) is 1.53. The zero-order chi connectivity index (χ0) is 17.9. The molecule has 0 spiro atoms. The number of nitrogens with zero attached hydrogens (tertiary/aromatic N) is 3. The third-order valence-electron chi connectivity index (χ3n) is 4.59. The molecule has 0 amide bonds. The molecular formula is C20H20BrN3S2. The molecule has 2 aromatic heterocycles. The molecule has 0 aliphatic heterocycles. The highest BCUT2D eigenvalue weighted by Crippen LogP contribution is 2.37. The van der Waals surface area contributed by atoms with Crippen LogP contribution in [-0.4, -0.2) is 14.8 Å². The van der Waals surface area contributed by atoms with Gasteiger partial charge in [0.15, 0.2) is 11.0 Å². The van der Waals surface area contributed by atoms with Crippen LogP contribution in [0.2, 0.25) is 0 Å². The fourth-order valence-corrected chi connectivity index (χ4v) is 5.81. The van der Waals surface area contributed by atoms with Crippen molar-refractivity contribution in [3.63, 3.8) is 0 Å². The van der Waals surface area contributed by atoms with Gasteiger partial charge in [0.25, 0.3) is 0 Å². The van der Waals surface area contributed by atoms with Crippen LogP contribution in [0.3, 0.4) is 0 Å². The van der Waals surface area contributed by atoms with Crippen LogP contribution >= 0.6 is 39.0 Å². The van der Waals surface area contributed by atoms with Gasteiger partial charge in [0.1, 0.15) is 0 Å². The van der Waals surface area contributed by atoms with Gasteiger partial charge < -0.3 is 0 Å². The molecule has 0 saturated carbocycles. The summed E-state index contributed by atoms with van der Waals surface area (Å²) in [7, 11) is 0. The number of fused-ring (bicyclic) bond motifs is 1. The Morgan fingerprint density at radius 3 is 3.00 bits per heavy atom. The van der Waals surface area contributed by atoms with Gasteiger partial charge >= 0.3 is 0 Å². The van der Waals surface area contributed by atoms with E-state index in [0.717, 1.165) is 34.2 Å². The summed E-state index contributed by atoms with van der Waals surface area (Å²) in [6, 6.07) is 8.41. The number of hydrogen-bond acceptors (Lipinski definition) is 4. The fraction of sp³-hybridized carbons (Fsp3) is 0.300. The molecule has 3 nitrogen and oxygen atoms in total. The molecule has 0 fully saturated rings. The zero-order valence-corrected chi connectivity index (χ0v) is 17.7. The first-order valence-electron chi connectivity index (χ1n) is 8.77. The van der Waals surface area contributed by atoms with Crippen LogP contribution in [0.1, 0.15) is 28.8 Å². The molecule has 2 heterocycles. The van der Waals surface area contributed by atoms with Crippen LogP contribution in [0.5, 0.6) is 0 Å². The van der Waals surface area contributed by atoms with Gasteiger partial charge in [0, 0.05) is 32.6 Å². The molecule has 1 aliphatic carbocycles. The Kier molecular flexibility index (Phi) is 5.62. The Morgan fingerprint density at radius 1 is 1.27 bits per heavy atom. The van der Waals surface area contributed by atoms with E-state index >= 15 is 0 Å². The molecule has 4 rings (SSSR count). The first-order chi connectivity index (χ1) is 12.8. The highest BCUT2D eigenvalue weighted by molar-refractivity contribution is 9.10. The quantitative estimate of drug-likeness (QED) is 0.337. The summed E-state index contributed by atoms with van der Waals surface area (Å²) in [5.41, 5.74) is 4.03. The molecule has 6 heteroatoms. The maximum absolute atomic E-state index is 4.56. The molecule has 26 heavy (non-hydrogen) atoms. The normalized spacial score (nSPS) is 13.6.